The molecule has 3 nitrogen and oxygen atoms in total. The lowest BCUT2D eigenvalue weighted by molar-refractivity contribution is -0.137. The first-order chi connectivity index (χ1) is 9.39. The van der Waals surface area contributed by atoms with E-state index in [4.69, 9.17) is 0 Å². The Bertz CT molecular complexity index is 573. The van der Waals surface area contributed by atoms with E-state index in [1.54, 1.807) is 12.3 Å². The second-order valence-corrected chi connectivity index (χ2v) is 4.85. The Morgan fingerprint density at radius 2 is 1.95 bits per heavy atom. The molecule has 6 heteroatoms. The quantitative estimate of drug-likeness (QED) is 0.900. The van der Waals surface area contributed by atoms with Crippen LogP contribution < -0.4 is 5.32 Å². The monoisotopic (exact) mass is 283 g/mol. The van der Waals surface area contributed by atoms with Crippen LogP contribution in [0.2, 0.25) is 0 Å². The van der Waals surface area contributed by atoms with Gasteiger partial charge in [-0.25, -0.2) is 0 Å². The molecule has 1 aromatic heterocycles. The summed E-state index contributed by atoms with van der Waals surface area (Å²) in [6.07, 6.45) is -2.83. The normalized spacial score (nSPS) is 12.1. The Morgan fingerprint density at radius 3 is 2.60 bits per heavy atom. The highest BCUT2D eigenvalue weighted by molar-refractivity contribution is 5.67. The Kier molecular flexibility index (Phi) is 4.13. The average molecular weight is 283 g/mol. The Hall–Kier alpha value is -1.82. The van der Waals surface area contributed by atoms with Gasteiger partial charge in [0, 0.05) is 23.7 Å². The second kappa shape index (κ2) is 5.66. The third-order valence-corrected chi connectivity index (χ3v) is 2.92. The number of halogens is 3. The van der Waals surface area contributed by atoms with Gasteiger partial charge in [0.25, 0.3) is 0 Å². The highest BCUT2D eigenvalue weighted by atomic mass is 19.4. The van der Waals surface area contributed by atoms with Crippen molar-refractivity contribution in [1.82, 2.24) is 15.5 Å². The topological polar surface area (TPSA) is 40.7 Å². The second-order valence-electron chi connectivity index (χ2n) is 4.85. The summed E-state index contributed by atoms with van der Waals surface area (Å²) >= 11 is 0. The molecule has 108 valence electrons. The van der Waals surface area contributed by atoms with Crippen LogP contribution >= 0.6 is 0 Å². The fourth-order valence-electron chi connectivity index (χ4n) is 1.94. The number of nitrogens with one attached hydrogen (secondary N) is 2. The van der Waals surface area contributed by atoms with Gasteiger partial charge in [0.05, 0.1) is 17.5 Å². The molecule has 0 spiro atoms. The maximum absolute atomic E-state index is 13.0. The van der Waals surface area contributed by atoms with Crippen LogP contribution in [0.5, 0.6) is 0 Å². The molecule has 0 aliphatic rings. The summed E-state index contributed by atoms with van der Waals surface area (Å²) in [7, 11) is 0. The van der Waals surface area contributed by atoms with Gasteiger partial charge < -0.3 is 5.32 Å². The van der Waals surface area contributed by atoms with Crippen molar-refractivity contribution in [1.29, 1.82) is 0 Å². The summed E-state index contributed by atoms with van der Waals surface area (Å²) in [5.41, 5.74) is 0.592. The van der Waals surface area contributed by atoms with E-state index in [1.807, 2.05) is 13.8 Å². The molecule has 2 N–H and O–H groups in total. The van der Waals surface area contributed by atoms with Gasteiger partial charge in [-0.15, -0.1) is 0 Å². The van der Waals surface area contributed by atoms with Crippen molar-refractivity contribution in [2.24, 2.45) is 0 Å². The number of alkyl halides is 3. The van der Waals surface area contributed by atoms with E-state index >= 15 is 0 Å². The van der Waals surface area contributed by atoms with Gasteiger partial charge >= 0.3 is 6.18 Å². The molecular weight excluding hydrogens is 267 g/mol. The van der Waals surface area contributed by atoms with E-state index in [-0.39, 0.29) is 11.6 Å². The number of benzene rings is 1. The number of aromatic amines is 1. The fourth-order valence-corrected chi connectivity index (χ4v) is 1.94. The molecule has 0 bridgehead atoms. The predicted octanol–water partition coefficient (Wildman–Crippen LogP) is 3.59. The van der Waals surface area contributed by atoms with Gasteiger partial charge in [0.15, 0.2) is 0 Å². The van der Waals surface area contributed by atoms with E-state index in [9.17, 15) is 13.2 Å². The summed E-state index contributed by atoms with van der Waals surface area (Å²) in [4.78, 5) is 0. The summed E-state index contributed by atoms with van der Waals surface area (Å²) in [6, 6.07) is 5.75. The lowest BCUT2D eigenvalue weighted by Crippen LogP contribution is -2.22. The van der Waals surface area contributed by atoms with Crippen LogP contribution in [0.4, 0.5) is 13.2 Å². The van der Waals surface area contributed by atoms with Crippen LogP contribution in [0.1, 0.15) is 25.0 Å². The first-order valence-corrected chi connectivity index (χ1v) is 6.32. The van der Waals surface area contributed by atoms with E-state index in [0.29, 0.717) is 12.2 Å². The highest BCUT2D eigenvalue weighted by Crippen LogP contribution is 2.37. The minimum Gasteiger partial charge on any atom is -0.310 e. The molecule has 2 rings (SSSR count). The zero-order chi connectivity index (χ0) is 14.8. The minimum atomic E-state index is -4.38. The van der Waals surface area contributed by atoms with Crippen molar-refractivity contribution in [2.75, 3.05) is 0 Å². The number of H-pyrrole nitrogens is 1. The maximum Gasteiger partial charge on any atom is 0.417 e. The molecule has 1 aromatic carbocycles. The molecule has 2 aromatic rings. The van der Waals surface area contributed by atoms with E-state index in [1.165, 1.54) is 12.1 Å². The molecule has 0 unspecified atom stereocenters. The minimum absolute atomic E-state index is 0.123. The summed E-state index contributed by atoms with van der Waals surface area (Å²) in [5.74, 6) is 0. The third-order valence-electron chi connectivity index (χ3n) is 2.92. The van der Waals surface area contributed by atoms with Crippen molar-refractivity contribution in [3.05, 3.63) is 41.6 Å². The molecule has 0 amide bonds. The van der Waals surface area contributed by atoms with Gasteiger partial charge in [-0.2, -0.15) is 18.3 Å². The molecule has 1 heterocycles. The summed E-state index contributed by atoms with van der Waals surface area (Å²) in [5, 5.41) is 9.71. The smallest absolute Gasteiger partial charge is 0.310 e. The molecule has 0 atom stereocenters. The van der Waals surface area contributed by atoms with Crippen molar-refractivity contribution >= 4 is 0 Å². The standard InChI is InChI=1S/C14H16F3N3/c1-9(2)18-7-10-8-19-20-13(10)11-5-3-4-6-12(11)14(15,16)17/h3-6,8-9,18H,7H2,1-2H3,(H,19,20). The largest absolute Gasteiger partial charge is 0.417 e. The first-order valence-electron chi connectivity index (χ1n) is 6.32. The highest BCUT2D eigenvalue weighted by Gasteiger charge is 2.34. The lowest BCUT2D eigenvalue weighted by atomic mass is 10.0. The summed E-state index contributed by atoms with van der Waals surface area (Å²) < 4.78 is 39.1. The number of rotatable bonds is 4. The van der Waals surface area contributed by atoms with Gasteiger partial charge in [0.1, 0.15) is 0 Å². The van der Waals surface area contributed by atoms with Crippen LogP contribution in [-0.4, -0.2) is 16.2 Å². The number of hydrogen-bond donors (Lipinski definition) is 2. The van der Waals surface area contributed by atoms with Gasteiger partial charge in [-0.1, -0.05) is 32.0 Å². The Balaban J connectivity index is 2.40. The lowest BCUT2D eigenvalue weighted by Gasteiger charge is -2.13. The van der Waals surface area contributed by atoms with Crippen LogP contribution in [0.3, 0.4) is 0 Å². The number of nitrogens with zero attached hydrogens (tertiary/aromatic N) is 1. The molecule has 0 saturated carbocycles. The van der Waals surface area contributed by atoms with Crippen molar-refractivity contribution < 1.29 is 13.2 Å². The van der Waals surface area contributed by atoms with E-state index < -0.39 is 11.7 Å². The van der Waals surface area contributed by atoms with Crippen LogP contribution in [0, 0.1) is 0 Å². The zero-order valence-electron chi connectivity index (χ0n) is 11.3. The molecule has 0 fully saturated rings. The van der Waals surface area contributed by atoms with E-state index in [0.717, 1.165) is 11.6 Å². The summed E-state index contributed by atoms with van der Waals surface area (Å²) in [6.45, 7) is 4.42. The number of aromatic nitrogens is 2. The Morgan fingerprint density at radius 1 is 1.25 bits per heavy atom. The van der Waals surface area contributed by atoms with Gasteiger partial charge in [-0.3, -0.25) is 5.10 Å². The number of hydrogen-bond acceptors (Lipinski definition) is 2. The Labute approximate surface area is 115 Å². The van der Waals surface area contributed by atoms with Crippen molar-refractivity contribution in [3.8, 4) is 11.3 Å². The van der Waals surface area contributed by atoms with E-state index in [2.05, 4.69) is 15.5 Å². The molecule has 20 heavy (non-hydrogen) atoms. The molecular formula is C14H16F3N3. The van der Waals surface area contributed by atoms with Crippen LogP contribution in [-0.2, 0) is 12.7 Å². The first kappa shape index (κ1) is 14.6. The molecule has 0 aliphatic heterocycles. The van der Waals surface area contributed by atoms with Gasteiger partial charge in [-0.05, 0) is 6.07 Å². The van der Waals surface area contributed by atoms with Crippen LogP contribution in [0.15, 0.2) is 30.5 Å². The van der Waals surface area contributed by atoms with Gasteiger partial charge in [0.2, 0.25) is 0 Å². The third kappa shape index (κ3) is 3.19. The SMILES string of the molecule is CC(C)NCc1cn[nH]c1-c1ccccc1C(F)(F)F. The molecule has 0 radical (unpaired) electrons. The maximum atomic E-state index is 13.0. The van der Waals surface area contributed by atoms with Crippen LogP contribution in [0.25, 0.3) is 11.3 Å². The fraction of sp³-hybridized carbons (Fsp3) is 0.357. The average Bonchev–Trinajstić information content (AvgIpc) is 2.83. The zero-order valence-corrected chi connectivity index (χ0v) is 11.3. The predicted molar refractivity (Wildman–Crippen MR) is 71.0 cm³/mol. The van der Waals surface area contributed by atoms with Crippen molar-refractivity contribution in [2.45, 2.75) is 32.6 Å². The molecule has 0 aliphatic carbocycles. The molecule has 0 saturated heterocycles. The van der Waals surface area contributed by atoms with Crippen molar-refractivity contribution in [3.63, 3.8) is 0 Å².